The number of carbonyl (C=O) groups is 2. The maximum atomic E-state index is 11.8. The van der Waals surface area contributed by atoms with Crippen molar-refractivity contribution in [2.45, 2.75) is 13.3 Å². The summed E-state index contributed by atoms with van der Waals surface area (Å²) in [4.78, 5) is 27.6. The van der Waals surface area contributed by atoms with Gasteiger partial charge in [0.15, 0.2) is 0 Å². The third-order valence-corrected chi connectivity index (χ3v) is 3.16. The quantitative estimate of drug-likeness (QED) is 0.806. The molecule has 0 unspecified atom stereocenters. The first-order chi connectivity index (χ1) is 11.1. The minimum atomic E-state index is -0.211. The van der Waals surface area contributed by atoms with Crippen molar-refractivity contribution >= 4 is 23.2 Å². The van der Waals surface area contributed by atoms with Crippen LogP contribution >= 0.6 is 0 Å². The van der Waals surface area contributed by atoms with Crippen LogP contribution in [0.3, 0.4) is 0 Å². The number of carbonyl (C=O) groups excluding carboxylic acids is 2. The third kappa shape index (κ3) is 5.74. The van der Waals surface area contributed by atoms with Crippen LogP contribution in [0.4, 0.5) is 5.82 Å². The van der Waals surface area contributed by atoms with Gasteiger partial charge in [-0.2, -0.15) is 0 Å². The summed E-state index contributed by atoms with van der Waals surface area (Å²) in [5.74, 6) is 0.105. The zero-order valence-corrected chi connectivity index (χ0v) is 13.0. The number of amides is 2. The van der Waals surface area contributed by atoms with Gasteiger partial charge in [-0.05, 0) is 30.2 Å². The van der Waals surface area contributed by atoms with Gasteiger partial charge in [0.1, 0.15) is 5.82 Å². The molecule has 0 aliphatic rings. The van der Waals surface area contributed by atoms with Gasteiger partial charge in [0.05, 0.1) is 0 Å². The van der Waals surface area contributed by atoms with Gasteiger partial charge in [-0.15, -0.1) is 0 Å². The highest BCUT2D eigenvalue weighted by molar-refractivity contribution is 5.95. The summed E-state index contributed by atoms with van der Waals surface area (Å²) in [5.41, 5.74) is 1.87. The lowest BCUT2D eigenvalue weighted by Gasteiger charge is -2.05. The number of nitrogens with one attached hydrogen (secondary N) is 2. The van der Waals surface area contributed by atoms with Crippen LogP contribution in [-0.4, -0.2) is 23.3 Å². The summed E-state index contributed by atoms with van der Waals surface area (Å²) in [6, 6.07) is 14.9. The van der Waals surface area contributed by atoms with Crippen LogP contribution in [0.15, 0.2) is 60.8 Å². The highest BCUT2D eigenvalue weighted by Crippen LogP contribution is 2.12. The van der Waals surface area contributed by atoms with Crippen molar-refractivity contribution < 1.29 is 9.59 Å². The zero-order chi connectivity index (χ0) is 16.5. The van der Waals surface area contributed by atoms with E-state index in [2.05, 4.69) is 15.6 Å². The van der Waals surface area contributed by atoms with Gasteiger partial charge in [0, 0.05) is 25.2 Å². The Hall–Kier alpha value is -2.95. The van der Waals surface area contributed by atoms with Crippen LogP contribution in [0.1, 0.15) is 18.9 Å². The van der Waals surface area contributed by atoms with Crippen molar-refractivity contribution in [1.82, 2.24) is 10.3 Å². The Morgan fingerprint density at radius 2 is 1.83 bits per heavy atom. The molecule has 118 valence electrons. The summed E-state index contributed by atoms with van der Waals surface area (Å²) >= 11 is 0. The second kappa shape index (κ2) is 8.48. The Morgan fingerprint density at radius 3 is 2.52 bits per heavy atom. The van der Waals surface area contributed by atoms with Gasteiger partial charge in [-0.1, -0.05) is 36.4 Å². The van der Waals surface area contributed by atoms with Crippen molar-refractivity contribution in [3.63, 3.8) is 0 Å². The molecule has 0 aliphatic carbocycles. The van der Waals surface area contributed by atoms with E-state index in [4.69, 9.17) is 0 Å². The van der Waals surface area contributed by atoms with E-state index >= 15 is 0 Å². The number of pyridine rings is 1. The number of benzene rings is 1. The van der Waals surface area contributed by atoms with E-state index in [1.807, 2.05) is 37.3 Å². The standard InChI is InChI=1S/C18H19N3O2/c1-14(15-7-3-2-4-8-15)13-18(23)20-12-10-17(22)21-16-9-5-6-11-19-16/h2-9,11,13H,10,12H2,1H3,(H,20,23)(H,19,21,22). The van der Waals surface area contributed by atoms with Crippen LogP contribution in [0.5, 0.6) is 0 Å². The fourth-order valence-corrected chi connectivity index (χ4v) is 1.97. The predicted molar refractivity (Wildman–Crippen MR) is 90.6 cm³/mol. The molecule has 0 aliphatic heterocycles. The van der Waals surface area contributed by atoms with Gasteiger partial charge < -0.3 is 10.6 Å². The van der Waals surface area contributed by atoms with Crippen molar-refractivity contribution in [2.24, 2.45) is 0 Å². The first-order valence-corrected chi connectivity index (χ1v) is 7.37. The summed E-state index contributed by atoms with van der Waals surface area (Å²) in [7, 11) is 0. The largest absolute Gasteiger partial charge is 0.352 e. The smallest absolute Gasteiger partial charge is 0.244 e. The fourth-order valence-electron chi connectivity index (χ4n) is 1.97. The molecule has 0 saturated carbocycles. The van der Waals surface area contributed by atoms with Crippen molar-refractivity contribution in [3.05, 3.63) is 66.4 Å². The van der Waals surface area contributed by atoms with E-state index in [-0.39, 0.29) is 24.8 Å². The molecule has 0 saturated heterocycles. The van der Waals surface area contributed by atoms with E-state index in [0.29, 0.717) is 5.82 Å². The zero-order valence-electron chi connectivity index (χ0n) is 13.0. The average Bonchev–Trinajstić information content (AvgIpc) is 2.56. The first kappa shape index (κ1) is 16.4. The van der Waals surface area contributed by atoms with Crippen molar-refractivity contribution in [2.75, 3.05) is 11.9 Å². The number of aromatic nitrogens is 1. The molecule has 0 spiro atoms. The minimum absolute atomic E-state index is 0.187. The number of hydrogen-bond donors (Lipinski definition) is 2. The number of allylic oxidation sites excluding steroid dienone is 1. The molecule has 2 N–H and O–H groups in total. The lowest BCUT2D eigenvalue weighted by Crippen LogP contribution is -2.26. The molecule has 0 bridgehead atoms. The van der Waals surface area contributed by atoms with Crippen LogP contribution in [0.2, 0.25) is 0 Å². The fraction of sp³-hybridized carbons (Fsp3) is 0.167. The van der Waals surface area contributed by atoms with Gasteiger partial charge in [0.25, 0.3) is 0 Å². The average molecular weight is 309 g/mol. The van der Waals surface area contributed by atoms with Gasteiger partial charge in [-0.25, -0.2) is 4.98 Å². The molecule has 5 heteroatoms. The Kier molecular flexibility index (Phi) is 6.06. The van der Waals surface area contributed by atoms with E-state index < -0.39 is 0 Å². The van der Waals surface area contributed by atoms with Crippen molar-refractivity contribution in [3.8, 4) is 0 Å². The Bertz CT molecular complexity index is 682. The Balaban J connectivity index is 1.75. The van der Waals surface area contributed by atoms with E-state index in [1.54, 1.807) is 24.4 Å². The summed E-state index contributed by atoms with van der Waals surface area (Å²) in [6.07, 6.45) is 3.33. The molecule has 1 heterocycles. The second-order valence-electron chi connectivity index (χ2n) is 5.00. The number of anilines is 1. The summed E-state index contributed by atoms with van der Waals surface area (Å²) < 4.78 is 0. The number of nitrogens with zero attached hydrogens (tertiary/aromatic N) is 1. The predicted octanol–water partition coefficient (Wildman–Crippen LogP) is 2.63. The molecule has 2 rings (SSSR count). The molecule has 1 aromatic heterocycles. The highest BCUT2D eigenvalue weighted by atomic mass is 16.2. The third-order valence-electron chi connectivity index (χ3n) is 3.16. The molecule has 23 heavy (non-hydrogen) atoms. The molecule has 0 atom stereocenters. The Labute approximate surface area is 135 Å². The van der Waals surface area contributed by atoms with Crippen molar-refractivity contribution in [1.29, 1.82) is 0 Å². The van der Waals surface area contributed by atoms with E-state index in [9.17, 15) is 9.59 Å². The maximum absolute atomic E-state index is 11.8. The molecule has 2 amide bonds. The number of hydrogen-bond acceptors (Lipinski definition) is 3. The molecular weight excluding hydrogens is 290 g/mol. The van der Waals surface area contributed by atoms with Gasteiger partial charge in [-0.3, -0.25) is 9.59 Å². The normalized spacial score (nSPS) is 10.9. The molecular formula is C18H19N3O2. The monoisotopic (exact) mass is 309 g/mol. The molecule has 0 fully saturated rings. The van der Waals surface area contributed by atoms with Crippen LogP contribution in [-0.2, 0) is 9.59 Å². The van der Waals surface area contributed by atoms with Crippen LogP contribution in [0.25, 0.3) is 5.57 Å². The summed E-state index contributed by atoms with van der Waals surface area (Å²) in [6.45, 7) is 2.15. The molecule has 0 radical (unpaired) electrons. The Morgan fingerprint density at radius 1 is 1.09 bits per heavy atom. The van der Waals surface area contributed by atoms with Gasteiger partial charge in [0.2, 0.25) is 11.8 Å². The molecule has 2 aromatic rings. The van der Waals surface area contributed by atoms with Crippen LogP contribution < -0.4 is 10.6 Å². The van der Waals surface area contributed by atoms with Crippen LogP contribution in [0, 0.1) is 0 Å². The lowest BCUT2D eigenvalue weighted by molar-refractivity contribution is -0.117. The molecule has 5 nitrogen and oxygen atoms in total. The second-order valence-corrected chi connectivity index (χ2v) is 5.00. The lowest BCUT2D eigenvalue weighted by atomic mass is 10.1. The number of rotatable bonds is 6. The molecule has 1 aromatic carbocycles. The first-order valence-electron chi connectivity index (χ1n) is 7.37. The van der Waals surface area contributed by atoms with E-state index in [1.165, 1.54) is 6.08 Å². The highest BCUT2D eigenvalue weighted by Gasteiger charge is 2.04. The SMILES string of the molecule is CC(=CC(=O)NCCC(=O)Nc1ccccn1)c1ccccc1. The summed E-state index contributed by atoms with van der Waals surface area (Å²) in [5, 5.41) is 5.37. The topological polar surface area (TPSA) is 71.1 Å². The maximum Gasteiger partial charge on any atom is 0.244 e. The van der Waals surface area contributed by atoms with E-state index in [0.717, 1.165) is 11.1 Å². The minimum Gasteiger partial charge on any atom is -0.352 e. The van der Waals surface area contributed by atoms with Gasteiger partial charge >= 0.3 is 0 Å².